The summed E-state index contributed by atoms with van der Waals surface area (Å²) in [5.74, 6) is 0. The molecule has 0 saturated carbocycles. The lowest BCUT2D eigenvalue weighted by atomic mass is 9.33. The van der Waals surface area contributed by atoms with Crippen LogP contribution < -0.4 is 31.1 Å². The van der Waals surface area contributed by atoms with Gasteiger partial charge >= 0.3 is 0 Å². The lowest BCUT2D eigenvalue weighted by Gasteiger charge is -2.45. The van der Waals surface area contributed by atoms with Crippen LogP contribution in [-0.2, 0) is 21.7 Å². The van der Waals surface area contributed by atoms with Crippen LogP contribution in [0.15, 0.2) is 212 Å². The first-order valence-electron chi connectivity index (χ1n) is 32.9. The molecular formula is C86H83BN4. The number of rotatable bonds is 7. The number of anilines is 9. The third-order valence-corrected chi connectivity index (χ3v) is 20.5. The van der Waals surface area contributed by atoms with Gasteiger partial charge in [-0.1, -0.05) is 197 Å². The van der Waals surface area contributed by atoms with Gasteiger partial charge in [-0.2, -0.15) is 0 Å². The Morgan fingerprint density at radius 2 is 0.945 bits per heavy atom. The summed E-state index contributed by atoms with van der Waals surface area (Å²) < 4.78 is 2.45. The van der Waals surface area contributed by atoms with Gasteiger partial charge in [0.15, 0.2) is 0 Å². The third-order valence-electron chi connectivity index (χ3n) is 20.5. The molecule has 1 aliphatic carbocycles. The van der Waals surface area contributed by atoms with Gasteiger partial charge in [0.1, 0.15) is 0 Å². The molecule has 0 fully saturated rings. The van der Waals surface area contributed by atoms with Crippen molar-refractivity contribution in [2.75, 3.05) is 14.7 Å². The summed E-state index contributed by atoms with van der Waals surface area (Å²) in [6, 6.07) is 82.0. The van der Waals surface area contributed by atoms with E-state index in [9.17, 15) is 0 Å². The average molecular weight is 1180 g/mol. The van der Waals surface area contributed by atoms with Gasteiger partial charge in [0.2, 0.25) is 0 Å². The number of fused-ring (bicyclic) bond motifs is 10. The van der Waals surface area contributed by atoms with E-state index in [0.29, 0.717) is 0 Å². The highest BCUT2D eigenvalue weighted by Gasteiger charge is 2.45. The molecule has 0 saturated heterocycles. The van der Waals surface area contributed by atoms with E-state index in [1.165, 1.54) is 150 Å². The summed E-state index contributed by atoms with van der Waals surface area (Å²) in [5.41, 5.74) is 36.0. The Bertz CT molecular complexity index is 4930. The van der Waals surface area contributed by atoms with Crippen LogP contribution >= 0.6 is 0 Å². The van der Waals surface area contributed by atoms with Gasteiger partial charge in [0, 0.05) is 61.7 Å². The van der Waals surface area contributed by atoms with Crippen molar-refractivity contribution < 1.29 is 0 Å². The lowest BCUT2D eigenvalue weighted by molar-refractivity contribution is 0.589. The van der Waals surface area contributed by atoms with Crippen LogP contribution in [0, 0.1) is 34.6 Å². The van der Waals surface area contributed by atoms with Gasteiger partial charge in [-0.05, 0) is 236 Å². The Kier molecular flexibility index (Phi) is 13.2. The van der Waals surface area contributed by atoms with Crippen LogP contribution in [0.1, 0.15) is 132 Å². The molecule has 0 amide bonds. The molecule has 91 heavy (non-hydrogen) atoms. The van der Waals surface area contributed by atoms with Crippen LogP contribution in [0.25, 0.3) is 49.7 Å². The average Bonchev–Trinajstić information content (AvgIpc) is 1.47. The standard InChI is InChI=1S/C86H83BN4/c1-52-42-78-80-79(43-52)91(82-53(2)44-58(45-54(82)3)57-30-38-67-66-26-20-22-28-70(66)86(15,16)71(67)48-57)76-49-60(84(9,10)11)33-40-72(76)87(80)73-41-37-65(51-77(73)90(78)63-34-31-59(32-35-63)83(6,7)8)88(81-55(4)46-61(47-56(81)5)85(12,13)14)64-36-39-69-68-27-21-23-29-74(68)89(75(69)50-64)62-24-18-17-19-25-62/h17-51H,1-16H3. The number of para-hydroxylation sites is 2. The molecule has 0 radical (unpaired) electrons. The predicted octanol–water partition coefficient (Wildman–Crippen LogP) is 21.7. The Balaban J connectivity index is 0.964. The quantitative estimate of drug-likeness (QED) is 0.148. The van der Waals surface area contributed by atoms with Crippen LogP contribution in [0.2, 0.25) is 0 Å². The molecule has 0 N–H and O–H groups in total. The van der Waals surface area contributed by atoms with Gasteiger partial charge < -0.3 is 19.3 Å². The van der Waals surface area contributed by atoms with Crippen molar-refractivity contribution >= 4 is 96.1 Å². The zero-order valence-corrected chi connectivity index (χ0v) is 56.1. The Hall–Kier alpha value is -9.32. The first-order valence-corrected chi connectivity index (χ1v) is 32.9. The maximum absolute atomic E-state index is 2.66. The van der Waals surface area contributed by atoms with Crippen molar-refractivity contribution in [3.8, 4) is 27.9 Å². The minimum atomic E-state index is -0.0909. The molecule has 3 aliphatic rings. The van der Waals surface area contributed by atoms with Gasteiger partial charge in [0.25, 0.3) is 6.71 Å². The summed E-state index contributed by atoms with van der Waals surface area (Å²) >= 11 is 0. The fourth-order valence-electron chi connectivity index (χ4n) is 15.8. The second-order valence-corrected chi connectivity index (χ2v) is 30.2. The molecule has 0 unspecified atom stereocenters. The number of hydrogen-bond acceptors (Lipinski definition) is 3. The second-order valence-electron chi connectivity index (χ2n) is 30.2. The molecule has 450 valence electrons. The monoisotopic (exact) mass is 1180 g/mol. The molecular weight excluding hydrogens is 1100 g/mol. The van der Waals surface area contributed by atoms with E-state index >= 15 is 0 Å². The van der Waals surface area contributed by atoms with Crippen molar-refractivity contribution in [1.29, 1.82) is 0 Å². The largest absolute Gasteiger partial charge is 0.311 e. The van der Waals surface area contributed by atoms with E-state index in [-0.39, 0.29) is 28.4 Å². The molecule has 11 aromatic carbocycles. The SMILES string of the molecule is Cc1cc2c3c(c1)N(c1c(C)cc(-c4ccc5c(c4)C(C)(C)c4ccccc4-5)cc1C)c1cc(C(C)(C)C)ccc1B3c1ccc(N(c3ccc4c5ccccc5n(-c5ccccc5)c4c3)c3c(C)cc(C(C)(C)C)cc3C)cc1N2c1ccc(C(C)(C)C)cc1. The van der Waals surface area contributed by atoms with Crippen LogP contribution in [0.5, 0.6) is 0 Å². The first kappa shape index (κ1) is 58.1. The normalized spacial score (nSPS) is 14.0. The summed E-state index contributed by atoms with van der Waals surface area (Å²) in [4.78, 5) is 7.82. The summed E-state index contributed by atoms with van der Waals surface area (Å²) in [5, 5.41) is 2.47. The molecule has 0 spiro atoms. The van der Waals surface area contributed by atoms with Gasteiger partial charge in [0.05, 0.1) is 22.4 Å². The number of benzene rings is 11. The Morgan fingerprint density at radius 3 is 1.63 bits per heavy atom. The summed E-state index contributed by atoms with van der Waals surface area (Å²) in [7, 11) is 0. The van der Waals surface area contributed by atoms with Gasteiger partial charge in [-0.15, -0.1) is 0 Å². The molecule has 15 rings (SSSR count). The second kappa shape index (κ2) is 20.6. The van der Waals surface area contributed by atoms with Gasteiger partial charge in [-0.3, -0.25) is 0 Å². The summed E-state index contributed by atoms with van der Waals surface area (Å²) in [6.07, 6.45) is 0. The van der Waals surface area contributed by atoms with Crippen molar-refractivity contribution in [3.63, 3.8) is 0 Å². The van der Waals surface area contributed by atoms with E-state index in [4.69, 9.17) is 0 Å². The maximum atomic E-state index is 2.66. The fourth-order valence-corrected chi connectivity index (χ4v) is 15.8. The zero-order chi connectivity index (χ0) is 63.5. The highest BCUT2D eigenvalue weighted by Crippen LogP contribution is 2.53. The number of hydrogen-bond donors (Lipinski definition) is 0. The van der Waals surface area contributed by atoms with E-state index in [2.05, 4.69) is 342 Å². The minimum Gasteiger partial charge on any atom is -0.311 e. The van der Waals surface area contributed by atoms with E-state index in [1.54, 1.807) is 0 Å². The number of aryl methyl sites for hydroxylation is 5. The Morgan fingerprint density at radius 1 is 0.385 bits per heavy atom. The van der Waals surface area contributed by atoms with E-state index in [0.717, 1.165) is 22.7 Å². The fraction of sp³-hybridized carbons (Fsp3) is 0.233. The van der Waals surface area contributed by atoms with Crippen molar-refractivity contribution in [3.05, 3.63) is 268 Å². The first-order chi connectivity index (χ1) is 43.3. The molecule has 2 aliphatic heterocycles. The van der Waals surface area contributed by atoms with Crippen LogP contribution in [0.4, 0.5) is 51.2 Å². The van der Waals surface area contributed by atoms with E-state index in [1.807, 2.05) is 0 Å². The van der Waals surface area contributed by atoms with Crippen molar-refractivity contribution in [1.82, 2.24) is 4.57 Å². The molecule has 4 nitrogen and oxygen atoms in total. The molecule has 3 heterocycles. The smallest absolute Gasteiger partial charge is 0.252 e. The van der Waals surface area contributed by atoms with E-state index < -0.39 is 0 Å². The lowest BCUT2D eigenvalue weighted by Crippen LogP contribution is -2.61. The van der Waals surface area contributed by atoms with Gasteiger partial charge in [-0.25, -0.2) is 0 Å². The van der Waals surface area contributed by atoms with Crippen molar-refractivity contribution in [2.45, 2.75) is 132 Å². The molecule has 1 aromatic heterocycles. The number of aromatic nitrogens is 1. The molecule has 0 atom stereocenters. The predicted molar refractivity (Wildman–Crippen MR) is 392 cm³/mol. The molecule has 0 bridgehead atoms. The van der Waals surface area contributed by atoms with Crippen molar-refractivity contribution in [2.24, 2.45) is 0 Å². The molecule has 5 heteroatoms. The third kappa shape index (κ3) is 9.23. The zero-order valence-electron chi connectivity index (χ0n) is 56.1. The van der Waals surface area contributed by atoms with Crippen LogP contribution in [0.3, 0.4) is 0 Å². The highest BCUT2D eigenvalue weighted by atomic mass is 15.2. The Labute approximate surface area is 540 Å². The summed E-state index contributed by atoms with van der Waals surface area (Å²) in [6.45, 7) is 37.3. The minimum absolute atomic E-state index is 0.0183. The maximum Gasteiger partial charge on any atom is 0.252 e. The highest BCUT2D eigenvalue weighted by molar-refractivity contribution is 7.00. The number of nitrogens with zero attached hydrogens (tertiary/aromatic N) is 4. The topological polar surface area (TPSA) is 14.7 Å². The van der Waals surface area contributed by atoms with Crippen LogP contribution in [-0.4, -0.2) is 11.3 Å². The molecule has 12 aromatic rings.